The lowest BCUT2D eigenvalue weighted by Gasteiger charge is -2.27. The van der Waals surface area contributed by atoms with Crippen LogP contribution < -0.4 is 0 Å². The Hall–Kier alpha value is -1.40. The highest BCUT2D eigenvalue weighted by atomic mass is 32.2. The predicted octanol–water partition coefficient (Wildman–Crippen LogP) is 2.68. The summed E-state index contributed by atoms with van der Waals surface area (Å²) in [6.45, 7) is 8.84. The Bertz CT molecular complexity index is 581. The molecule has 0 amide bonds. The largest absolute Gasteiger partial charge is 0.464 e. The summed E-state index contributed by atoms with van der Waals surface area (Å²) in [5, 5.41) is 0. The number of benzene rings is 1. The van der Waals surface area contributed by atoms with Crippen LogP contribution in [0, 0.1) is 12.3 Å². The summed E-state index contributed by atoms with van der Waals surface area (Å²) >= 11 is 0. The van der Waals surface area contributed by atoms with E-state index in [1.54, 1.807) is 39.8 Å². The monoisotopic (exact) mass is 314 g/mol. The molecule has 0 aliphatic rings. The van der Waals surface area contributed by atoms with Crippen LogP contribution in [-0.4, -0.2) is 27.1 Å². The predicted molar refractivity (Wildman–Crippen MR) is 79.3 cm³/mol. The summed E-state index contributed by atoms with van der Waals surface area (Å²) in [5.41, 5.74) is 0.232. The Morgan fingerprint density at radius 3 is 2.14 bits per heavy atom. The zero-order valence-corrected chi connectivity index (χ0v) is 13.9. The number of aryl methyl sites for hydroxylation is 1. The smallest absolute Gasteiger partial charge is 0.337 e. The average molecular weight is 314 g/mol. The van der Waals surface area contributed by atoms with E-state index in [2.05, 4.69) is 0 Å². The Morgan fingerprint density at radius 2 is 1.71 bits per heavy atom. The number of ether oxygens (including phenoxy) is 1. The van der Waals surface area contributed by atoms with Crippen LogP contribution in [0.3, 0.4) is 0 Å². The maximum Gasteiger partial charge on any atom is 0.337 e. The van der Waals surface area contributed by atoms with Gasteiger partial charge < -0.3 is 4.74 Å². The van der Waals surface area contributed by atoms with Gasteiger partial charge in [-0.05, 0) is 26.0 Å². The second-order valence-electron chi connectivity index (χ2n) is 5.86. The minimum absolute atomic E-state index is 0.0200. The molecule has 1 unspecified atom stereocenters. The van der Waals surface area contributed by atoms with Gasteiger partial charge in [-0.15, -0.1) is 0 Å². The minimum atomic E-state index is -4.02. The number of hydrogen-bond acceptors (Lipinski definition) is 5. The first-order valence-electron chi connectivity index (χ1n) is 6.74. The van der Waals surface area contributed by atoms with Crippen LogP contribution in [0.4, 0.5) is 0 Å². The summed E-state index contributed by atoms with van der Waals surface area (Å²) in [6.07, 6.45) is -1.19. The zero-order chi connectivity index (χ0) is 16.3. The van der Waals surface area contributed by atoms with Crippen LogP contribution >= 0.6 is 0 Å². The van der Waals surface area contributed by atoms with Gasteiger partial charge >= 0.3 is 5.97 Å². The van der Waals surface area contributed by atoms with Crippen molar-refractivity contribution in [1.82, 2.24) is 0 Å². The number of hydrogen-bond donors (Lipinski definition) is 0. The van der Waals surface area contributed by atoms with Crippen molar-refractivity contribution in [2.75, 3.05) is 6.61 Å². The molecule has 0 spiro atoms. The van der Waals surface area contributed by atoms with Crippen LogP contribution in [-0.2, 0) is 23.8 Å². The van der Waals surface area contributed by atoms with E-state index in [1.165, 1.54) is 12.1 Å². The molecule has 1 rings (SSSR count). The van der Waals surface area contributed by atoms with Gasteiger partial charge in [0.25, 0.3) is 10.1 Å². The first-order valence-corrected chi connectivity index (χ1v) is 8.15. The third kappa shape index (κ3) is 4.82. The van der Waals surface area contributed by atoms with E-state index < -0.39 is 27.6 Å². The highest BCUT2D eigenvalue weighted by Crippen LogP contribution is 2.27. The van der Waals surface area contributed by atoms with Gasteiger partial charge in [0.1, 0.15) is 0 Å². The SMILES string of the molecule is CCOC(=O)C(OS(=O)(=O)c1ccc(C)cc1)C(C)(C)C. The van der Waals surface area contributed by atoms with Gasteiger partial charge in [-0.2, -0.15) is 8.42 Å². The van der Waals surface area contributed by atoms with Gasteiger partial charge in [0.2, 0.25) is 0 Å². The van der Waals surface area contributed by atoms with Crippen LogP contribution in [0.5, 0.6) is 0 Å². The lowest BCUT2D eigenvalue weighted by molar-refractivity contribution is -0.156. The van der Waals surface area contributed by atoms with Gasteiger partial charge in [0.15, 0.2) is 6.10 Å². The standard InChI is InChI=1S/C15H22O5S/c1-6-19-14(16)13(15(3,4)5)20-21(17,18)12-9-7-11(2)8-10-12/h7-10,13H,6H2,1-5H3. The molecule has 0 heterocycles. The Kier molecular flexibility index (Phi) is 5.53. The molecule has 0 aromatic heterocycles. The molecule has 21 heavy (non-hydrogen) atoms. The van der Waals surface area contributed by atoms with Crippen molar-refractivity contribution < 1.29 is 22.1 Å². The molecule has 0 fully saturated rings. The van der Waals surface area contributed by atoms with E-state index in [0.717, 1.165) is 5.56 Å². The van der Waals surface area contributed by atoms with Crippen molar-refractivity contribution in [2.24, 2.45) is 5.41 Å². The van der Waals surface area contributed by atoms with Crippen molar-refractivity contribution in [2.45, 2.75) is 45.6 Å². The van der Waals surface area contributed by atoms with E-state index in [1.807, 2.05) is 6.92 Å². The maximum absolute atomic E-state index is 12.3. The van der Waals surface area contributed by atoms with E-state index in [4.69, 9.17) is 8.92 Å². The van der Waals surface area contributed by atoms with Crippen molar-refractivity contribution in [3.05, 3.63) is 29.8 Å². The Morgan fingerprint density at radius 1 is 1.19 bits per heavy atom. The fourth-order valence-electron chi connectivity index (χ4n) is 1.64. The lowest BCUT2D eigenvalue weighted by atomic mass is 9.89. The van der Waals surface area contributed by atoms with Gasteiger partial charge in [0, 0.05) is 5.41 Å². The highest BCUT2D eigenvalue weighted by Gasteiger charge is 2.38. The first kappa shape index (κ1) is 17.7. The summed E-state index contributed by atoms with van der Waals surface area (Å²) in [7, 11) is -4.02. The van der Waals surface area contributed by atoms with Crippen molar-refractivity contribution in [3.8, 4) is 0 Å². The second kappa shape index (κ2) is 6.58. The summed E-state index contributed by atoms with van der Waals surface area (Å²) in [6, 6.07) is 6.25. The molecule has 0 saturated carbocycles. The van der Waals surface area contributed by atoms with Crippen LogP contribution in [0.2, 0.25) is 0 Å². The quantitative estimate of drug-likeness (QED) is 0.617. The molecular weight excluding hydrogens is 292 g/mol. The van der Waals surface area contributed by atoms with Crippen LogP contribution in [0.1, 0.15) is 33.3 Å². The Labute approximate surface area is 126 Å². The minimum Gasteiger partial charge on any atom is -0.464 e. The fraction of sp³-hybridized carbons (Fsp3) is 0.533. The molecule has 0 radical (unpaired) electrons. The maximum atomic E-state index is 12.3. The lowest BCUT2D eigenvalue weighted by Crippen LogP contribution is -2.40. The van der Waals surface area contributed by atoms with Gasteiger partial charge in [0.05, 0.1) is 11.5 Å². The molecule has 1 aromatic rings. The van der Waals surface area contributed by atoms with Crippen molar-refractivity contribution >= 4 is 16.1 Å². The molecule has 0 aliphatic carbocycles. The molecule has 0 N–H and O–H groups in total. The topological polar surface area (TPSA) is 69.7 Å². The third-order valence-corrected chi connectivity index (χ3v) is 4.12. The normalized spacial score (nSPS) is 13.8. The number of esters is 1. The molecule has 0 aliphatic heterocycles. The molecule has 0 saturated heterocycles. The number of carbonyl (C=O) groups is 1. The average Bonchev–Trinajstić information content (AvgIpc) is 2.35. The van der Waals surface area contributed by atoms with Crippen LogP contribution in [0.15, 0.2) is 29.2 Å². The number of carbonyl (C=O) groups excluding carboxylic acids is 1. The highest BCUT2D eigenvalue weighted by molar-refractivity contribution is 7.86. The van der Waals surface area contributed by atoms with Gasteiger partial charge in [-0.25, -0.2) is 4.79 Å². The van der Waals surface area contributed by atoms with Crippen LogP contribution in [0.25, 0.3) is 0 Å². The molecule has 0 bridgehead atoms. The van der Waals surface area contributed by atoms with E-state index in [9.17, 15) is 13.2 Å². The third-order valence-electron chi connectivity index (χ3n) is 2.82. The zero-order valence-electron chi connectivity index (χ0n) is 13.0. The molecular formula is C15H22O5S. The fourth-order valence-corrected chi connectivity index (χ4v) is 2.84. The summed E-state index contributed by atoms with van der Waals surface area (Å²) < 4.78 is 34.6. The molecule has 118 valence electrons. The molecule has 1 aromatic carbocycles. The summed E-state index contributed by atoms with van der Waals surface area (Å²) in [4.78, 5) is 12.0. The van der Waals surface area contributed by atoms with Crippen molar-refractivity contribution in [1.29, 1.82) is 0 Å². The van der Waals surface area contributed by atoms with E-state index in [-0.39, 0.29) is 11.5 Å². The summed E-state index contributed by atoms with van der Waals surface area (Å²) in [5.74, 6) is -0.680. The molecule has 1 atom stereocenters. The second-order valence-corrected chi connectivity index (χ2v) is 7.43. The van der Waals surface area contributed by atoms with Gasteiger partial charge in [-0.3, -0.25) is 4.18 Å². The van der Waals surface area contributed by atoms with Gasteiger partial charge in [-0.1, -0.05) is 38.5 Å². The molecule has 6 heteroatoms. The number of rotatable bonds is 5. The van der Waals surface area contributed by atoms with E-state index >= 15 is 0 Å². The molecule has 5 nitrogen and oxygen atoms in total. The first-order chi connectivity index (χ1) is 9.58. The van der Waals surface area contributed by atoms with E-state index in [0.29, 0.717) is 0 Å². The van der Waals surface area contributed by atoms with Crippen molar-refractivity contribution in [3.63, 3.8) is 0 Å². The Balaban J connectivity index is 3.07.